The second-order valence-electron chi connectivity index (χ2n) is 14.2. The second-order valence-corrected chi connectivity index (χ2v) is 15.0. The van der Waals surface area contributed by atoms with Crippen LogP contribution in [0.2, 0.25) is 10.0 Å². The first-order valence-electron chi connectivity index (χ1n) is 19.8. The van der Waals surface area contributed by atoms with Crippen molar-refractivity contribution in [1.29, 1.82) is 0 Å². The Morgan fingerprint density at radius 1 is 0.855 bits per heavy atom. The zero-order valence-electron chi connectivity index (χ0n) is 35.4. The maximum atomic E-state index is 13.7. The number of aliphatic hydroxyl groups is 1. The van der Waals surface area contributed by atoms with E-state index in [1.54, 1.807) is 24.8 Å². The molecule has 6 aromatic rings. The number of halogens is 2. The molecule has 0 fully saturated rings. The zero-order chi connectivity index (χ0) is 44.8. The fourth-order valence-electron chi connectivity index (χ4n) is 7.00. The van der Waals surface area contributed by atoms with Crippen molar-refractivity contribution in [3.8, 4) is 28.4 Å². The van der Waals surface area contributed by atoms with Crippen LogP contribution in [0.3, 0.4) is 0 Å². The number of rotatable bonds is 9. The quantitative estimate of drug-likeness (QED) is 0.144. The number of benzene rings is 4. The minimum absolute atomic E-state index is 0.207. The van der Waals surface area contributed by atoms with Crippen LogP contribution in [0.4, 0.5) is 0 Å². The molecule has 0 aliphatic carbocycles. The second kappa shape index (κ2) is 22.6. The van der Waals surface area contributed by atoms with Gasteiger partial charge in [0.2, 0.25) is 5.91 Å². The Morgan fingerprint density at radius 2 is 1.52 bits per heavy atom. The maximum absolute atomic E-state index is 13.7. The van der Waals surface area contributed by atoms with Crippen LogP contribution in [0, 0.1) is 27.7 Å². The van der Waals surface area contributed by atoms with Gasteiger partial charge in [0.25, 0.3) is 5.91 Å². The predicted octanol–water partition coefficient (Wildman–Crippen LogP) is 8.66. The molecule has 12 nitrogen and oxygen atoms in total. The summed E-state index contributed by atoms with van der Waals surface area (Å²) in [6, 6.07) is 28.7. The summed E-state index contributed by atoms with van der Waals surface area (Å²) in [5.74, 6) is 2.47. The third-order valence-corrected chi connectivity index (χ3v) is 11.0. The molecule has 0 saturated carbocycles. The highest BCUT2D eigenvalue weighted by atomic mass is 35.5. The summed E-state index contributed by atoms with van der Waals surface area (Å²) in [6.07, 6.45) is 2.86. The third kappa shape index (κ3) is 11.8. The van der Waals surface area contributed by atoms with Gasteiger partial charge in [-0.25, -0.2) is 4.98 Å². The smallest absolute Gasteiger partial charge is 0.277 e. The van der Waals surface area contributed by atoms with Gasteiger partial charge in [-0.1, -0.05) is 71.7 Å². The molecule has 2 N–H and O–H groups in total. The van der Waals surface area contributed by atoms with E-state index < -0.39 is 6.04 Å². The molecule has 2 aromatic heterocycles. The number of carbonyl (C=O) groups excluding carboxylic acids is 3. The van der Waals surface area contributed by atoms with Gasteiger partial charge in [-0.2, -0.15) is 0 Å². The number of carbonyl (C=O) groups is 3. The van der Waals surface area contributed by atoms with Crippen LogP contribution in [0.25, 0.3) is 11.1 Å². The summed E-state index contributed by atoms with van der Waals surface area (Å²) in [5, 5.41) is 11.2. The third-order valence-electron chi connectivity index (χ3n) is 10.2. The van der Waals surface area contributed by atoms with Crippen LogP contribution >= 0.6 is 23.2 Å². The number of aryl methyl sites for hydroxylation is 3. The van der Waals surface area contributed by atoms with E-state index in [1.165, 1.54) is 11.1 Å². The van der Waals surface area contributed by atoms with E-state index in [0.717, 1.165) is 46.4 Å². The number of nitrogens with zero attached hydrogens (tertiary/aromatic N) is 3. The Labute approximate surface area is 371 Å². The molecule has 14 heteroatoms. The van der Waals surface area contributed by atoms with Crippen molar-refractivity contribution < 1.29 is 38.1 Å². The van der Waals surface area contributed by atoms with Crippen molar-refractivity contribution in [3.63, 3.8) is 0 Å². The van der Waals surface area contributed by atoms with E-state index >= 15 is 0 Å². The Kier molecular flexibility index (Phi) is 17.1. The maximum Gasteiger partial charge on any atom is 0.277 e. The molecule has 1 unspecified atom stereocenters. The van der Waals surface area contributed by atoms with Crippen molar-refractivity contribution in [2.45, 2.75) is 59.7 Å². The van der Waals surface area contributed by atoms with E-state index in [-0.39, 0.29) is 24.1 Å². The van der Waals surface area contributed by atoms with Crippen LogP contribution in [-0.2, 0) is 35.6 Å². The van der Waals surface area contributed by atoms with Crippen LogP contribution in [0.15, 0.2) is 102 Å². The van der Waals surface area contributed by atoms with E-state index in [0.29, 0.717) is 72.4 Å². The molecule has 2 amide bonds. The van der Waals surface area contributed by atoms with Gasteiger partial charge in [0.05, 0.1) is 10.0 Å². The minimum Gasteiger partial charge on any atom is -0.489 e. The van der Waals surface area contributed by atoms with E-state index in [2.05, 4.69) is 46.5 Å². The van der Waals surface area contributed by atoms with Crippen molar-refractivity contribution in [3.05, 3.63) is 158 Å². The Hall–Kier alpha value is -6.21. The van der Waals surface area contributed by atoms with Crippen LogP contribution in [-0.4, -0.2) is 71.5 Å². The SMILES string of the molecule is C=O.CO.Cc1nc(C(=O)N2Cc3cc4c(cc3CC2C(=O)NCCc2ccc(-c3ccnc(C)c3C)cc2)OCCO4)c(C)o1.Clc1ccc(COc2ccccc2)cc1Cl. The summed E-state index contributed by atoms with van der Waals surface area (Å²) >= 11 is 11.7. The molecule has 1 atom stereocenters. The molecule has 2 aliphatic heterocycles. The Morgan fingerprint density at radius 3 is 2.16 bits per heavy atom. The standard InChI is InChI=1S/C33H34N4O5.C13H10Cl2O.CH4O.CH2O/c1-19-20(2)34-12-10-27(19)24-7-5-23(6-8-24)9-11-35-32(38)28-15-25-16-29-30(41-14-13-40-29)17-26(25)18-37(28)33(39)31-21(3)42-22(4)36-31;14-12-7-6-10(8-13(12)15)9-16-11-4-2-1-3-5-11;2*1-2/h5-8,10,12,16-17,28H,9,11,13-15,18H2,1-4H3,(H,35,38);1-8H,9H2;2H,1H3;1H2. The van der Waals surface area contributed by atoms with Crippen LogP contribution in [0.1, 0.15) is 55.7 Å². The number of aromatic nitrogens is 2. The molecule has 4 heterocycles. The fourth-order valence-corrected chi connectivity index (χ4v) is 7.32. The summed E-state index contributed by atoms with van der Waals surface area (Å²) in [4.78, 5) is 45.6. The van der Waals surface area contributed by atoms with Gasteiger partial charge in [0, 0.05) is 45.4 Å². The van der Waals surface area contributed by atoms with E-state index in [4.69, 9.17) is 51.7 Å². The number of pyridine rings is 1. The number of fused-ring (bicyclic) bond motifs is 2. The topological polar surface area (TPSA) is 153 Å². The Balaban J connectivity index is 0.000000303. The van der Waals surface area contributed by atoms with Crippen molar-refractivity contribution >= 4 is 41.8 Å². The van der Waals surface area contributed by atoms with Crippen LogP contribution in [0.5, 0.6) is 17.2 Å². The number of para-hydroxylation sites is 1. The average molecular weight is 882 g/mol. The van der Waals surface area contributed by atoms with Gasteiger partial charge in [-0.05, 0) is 109 Å². The average Bonchev–Trinajstić information content (AvgIpc) is 3.65. The van der Waals surface area contributed by atoms with E-state index in [1.807, 2.05) is 80.6 Å². The van der Waals surface area contributed by atoms with Gasteiger partial charge < -0.3 is 38.7 Å². The molecule has 62 heavy (non-hydrogen) atoms. The number of hydrogen-bond donors (Lipinski definition) is 2. The number of ether oxygens (including phenoxy) is 3. The summed E-state index contributed by atoms with van der Waals surface area (Å²) < 4.78 is 22.7. The van der Waals surface area contributed by atoms with Gasteiger partial charge >= 0.3 is 0 Å². The van der Waals surface area contributed by atoms with Crippen molar-refractivity contribution in [1.82, 2.24) is 20.2 Å². The lowest BCUT2D eigenvalue weighted by Gasteiger charge is -2.36. The number of aliphatic hydroxyl groups excluding tert-OH is 1. The number of hydrogen-bond acceptors (Lipinski definition) is 10. The number of oxazole rings is 1. The monoisotopic (exact) mass is 880 g/mol. The van der Waals surface area contributed by atoms with Gasteiger partial charge in [-0.3, -0.25) is 14.6 Å². The molecule has 324 valence electrons. The number of amides is 2. The van der Waals surface area contributed by atoms with Crippen molar-refractivity contribution in [2.75, 3.05) is 26.9 Å². The van der Waals surface area contributed by atoms with Gasteiger partial charge in [-0.15, -0.1) is 0 Å². The predicted molar refractivity (Wildman–Crippen MR) is 239 cm³/mol. The fraction of sp³-hybridized carbons (Fsp3) is 0.271. The molecule has 8 rings (SSSR count). The largest absolute Gasteiger partial charge is 0.489 e. The lowest BCUT2D eigenvalue weighted by Crippen LogP contribution is -2.53. The van der Waals surface area contributed by atoms with Gasteiger partial charge in [0.15, 0.2) is 23.1 Å². The van der Waals surface area contributed by atoms with Crippen molar-refractivity contribution in [2.24, 2.45) is 0 Å². The molecule has 0 radical (unpaired) electrons. The Bertz CT molecular complexity index is 2440. The molecular weight excluding hydrogens is 831 g/mol. The first-order valence-corrected chi connectivity index (χ1v) is 20.6. The molecule has 4 aromatic carbocycles. The first-order chi connectivity index (χ1) is 30.0. The molecule has 0 spiro atoms. The molecule has 0 saturated heterocycles. The number of nitrogens with one attached hydrogen (secondary N) is 1. The highest BCUT2D eigenvalue weighted by Crippen LogP contribution is 2.37. The van der Waals surface area contributed by atoms with Gasteiger partial charge in [0.1, 0.15) is 44.2 Å². The van der Waals surface area contributed by atoms with Crippen LogP contribution < -0.4 is 19.5 Å². The first kappa shape index (κ1) is 46.8. The summed E-state index contributed by atoms with van der Waals surface area (Å²) in [7, 11) is 1.00. The lowest BCUT2D eigenvalue weighted by molar-refractivity contribution is -0.126. The molecule has 2 aliphatic rings. The summed E-state index contributed by atoms with van der Waals surface area (Å²) in [6.45, 7) is 11.7. The normalized spacial score (nSPS) is 13.4. The molecular formula is C48H50Cl2N4O8. The van der Waals surface area contributed by atoms with E-state index in [9.17, 15) is 9.59 Å². The minimum atomic E-state index is -0.704. The highest BCUT2D eigenvalue weighted by molar-refractivity contribution is 6.42. The zero-order valence-corrected chi connectivity index (χ0v) is 36.9. The summed E-state index contributed by atoms with van der Waals surface area (Å²) in [5.41, 5.74) is 8.72. The lowest BCUT2D eigenvalue weighted by atomic mass is 9.92. The highest BCUT2D eigenvalue weighted by Gasteiger charge is 2.37. The molecule has 0 bridgehead atoms.